The highest BCUT2D eigenvalue weighted by molar-refractivity contribution is 9.10. The van der Waals surface area contributed by atoms with Crippen LogP contribution >= 0.6 is 15.9 Å². The summed E-state index contributed by atoms with van der Waals surface area (Å²) in [5.41, 5.74) is 2.60. The average molecular weight is 311 g/mol. The maximum Gasteiger partial charge on any atom is 0.122 e. The summed E-state index contributed by atoms with van der Waals surface area (Å²) < 4.78 is 7.56. The van der Waals surface area contributed by atoms with Crippen molar-refractivity contribution in [3.05, 3.63) is 51.8 Å². The lowest BCUT2D eigenvalue weighted by Crippen LogP contribution is -2.07. The number of benzene rings is 1. The van der Waals surface area contributed by atoms with E-state index in [1.54, 1.807) is 18.0 Å². The SMILES string of the molecule is COCc1cccc(C(O)c2c(Br)cnn2C)c1. The number of aliphatic hydroxyl groups excluding tert-OH is 1. The molecule has 1 N–H and O–H groups in total. The summed E-state index contributed by atoms with van der Waals surface area (Å²) in [4.78, 5) is 0. The summed E-state index contributed by atoms with van der Waals surface area (Å²) in [5.74, 6) is 0. The topological polar surface area (TPSA) is 47.3 Å². The van der Waals surface area contributed by atoms with Crippen LogP contribution in [0.4, 0.5) is 0 Å². The second kappa shape index (κ2) is 5.65. The molecule has 0 spiro atoms. The van der Waals surface area contributed by atoms with E-state index >= 15 is 0 Å². The monoisotopic (exact) mass is 310 g/mol. The van der Waals surface area contributed by atoms with Crippen molar-refractivity contribution in [1.29, 1.82) is 0 Å². The van der Waals surface area contributed by atoms with E-state index in [1.165, 1.54) is 0 Å². The van der Waals surface area contributed by atoms with Crippen molar-refractivity contribution in [3.8, 4) is 0 Å². The first-order valence-corrected chi connectivity index (χ1v) is 6.36. The van der Waals surface area contributed by atoms with E-state index in [4.69, 9.17) is 4.74 Å². The first-order chi connectivity index (χ1) is 8.63. The van der Waals surface area contributed by atoms with Crippen molar-refractivity contribution in [2.45, 2.75) is 12.7 Å². The van der Waals surface area contributed by atoms with Gasteiger partial charge in [0.05, 0.1) is 23.0 Å². The number of hydrogen-bond acceptors (Lipinski definition) is 3. The van der Waals surface area contributed by atoms with E-state index in [-0.39, 0.29) is 0 Å². The van der Waals surface area contributed by atoms with Crippen molar-refractivity contribution in [2.75, 3.05) is 7.11 Å². The number of aromatic nitrogens is 2. The summed E-state index contributed by atoms with van der Waals surface area (Å²) in [7, 11) is 3.46. The Labute approximate surface area is 114 Å². The molecule has 1 aromatic carbocycles. The predicted octanol–water partition coefficient (Wildman–Crippen LogP) is 2.41. The zero-order valence-electron chi connectivity index (χ0n) is 10.3. The van der Waals surface area contributed by atoms with Gasteiger partial charge in [-0.3, -0.25) is 4.68 Å². The van der Waals surface area contributed by atoms with Crippen molar-refractivity contribution in [2.24, 2.45) is 7.05 Å². The number of ether oxygens (including phenoxy) is 1. The Morgan fingerprint density at radius 3 is 2.89 bits per heavy atom. The minimum atomic E-state index is -0.705. The van der Waals surface area contributed by atoms with E-state index < -0.39 is 6.10 Å². The van der Waals surface area contributed by atoms with Crippen LogP contribution in [0.5, 0.6) is 0 Å². The van der Waals surface area contributed by atoms with Crippen molar-refractivity contribution >= 4 is 15.9 Å². The fourth-order valence-electron chi connectivity index (χ4n) is 1.91. The number of hydrogen-bond donors (Lipinski definition) is 1. The van der Waals surface area contributed by atoms with Gasteiger partial charge in [-0.1, -0.05) is 24.3 Å². The van der Waals surface area contributed by atoms with Crippen LogP contribution in [0.15, 0.2) is 34.9 Å². The molecule has 1 aromatic heterocycles. The molecule has 0 aliphatic heterocycles. The van der Waals surface area contributed by atoms with Gasteiger partial charge in [0.2, 0.25) is 0 Å². The lowest BCUT2D eigenvalue weighted by molar-refractivity contribution is 0.183. The Morgan fingerprint density at radius 2 is 2.28 bits per heavy atom. The maximum atomic E-state index is 10.4. The van der Waals surface area contributed by atoms with Crippen LogP contribution < -0.4 is 0 Å². The number of aliphatic hydroxyl groups is 1. The number of aryl methyl sites for hydroxylation is 1. The third-order valence-electron chi connectivity index (χ3n) is 2.77. The Kier molecular flexibility index (Phi) is 4.16. The summed E-state index contributed by atoms with van der Waals surface area (Å²) in [6, 6.07) is 7.71. The van der Waals surface area contributed by atoms with Gasteiger partial charge in [-0.25, -0.2) is 0 Å². The molecular formula is C13H15BrN2O2. The molecule has 0 fully saturated rings. The number of nitrogens with zero attached hydrogens (tertiary/aromatic N) is 2. The third-order valence-corrected chi connectivity index (χ3v) is 3.39. The zero-order valence-corrected chi connectivity index (χ0v) is 11.9. The average Bonchev–Trinajstić information content (AvgIpc) is 2.69. The molecule has 0 saturated heterocycles. The van der Waals surface area contributed by atoms with E-state index in [9.17, 15) is 5.11 Å². The molecule has 0 saturated carbocycles. The van der Waals surface area contributed by atoms with Crippen LogP contribution in [0.1, 0.15) is 22.9 Å². The molecule has 1 atom stereocenters. The van der Waals surface area contributed by atoms with Crippen LogP contribution in [0, 0.1) is 0 Å². The normalized spacial score (nSPS) is 12.7. The van der Waals surface area contributed by atoms with Crippen LogP contribution in [0.25, 0.3) is 0 Å². The standard InChI is InChI=1S/C13H15BrN2O2/c1-16-12(11(14)7-15-16)13(17)10-5-3-4-9(6-10)8-18-2/h3-7,13,17H,8H2,1-2H3. The Bertz CT molecular complexity index is 520. The minimum absolute atomic E-state index is 0.535. The first-order valence-electron chi connectivity index (χ1n) is 5.56. The number of methoxy groups -OCH3 is 1. The highest BCUT2D eigenvalue weighted by Gasteiger charge is 2.18. The quantitative estimate of drug-likeness (QED) is 0.943. The van der Waals surface area contributed by atoms with Gasteiger partial charge >= 0.3 is 0 Å². The second-order valence-corrected chi connectivity index (χ2v) is 4.94. The molecule has 0 aliphatic carbocycles. The van der Waals surface area contributed by atoms with Gasteiger partial charge in [0.15, 0.2) is 0 Å². The van der Waals surface area contributed by atoms with E-state index in [1.807, 2.05) is 31.3 Å². The highest BCUT2D eigenvalue weighted by Crippen LogP contribution is 2.28. The Balaban J connectivity index is 2.34. The molecular weight excluding hydrogens is 296 g/mol. The van der Waals surface area contributed by atoms with Gasteiger partial charge in [0, 0.05) is 14.2 Å². The van der Waals surface area contributed by atoms with Crippen LogP contribution in [-0.4, -0.2) is 22.0 Å². The summed E-state index contributed by atoms with van der Waals surface area (Å²) in [6.07, 6.45) is 0.973. The second-order valence-electron chi connectivity index (χ2n) is 4.08. The molecule has 0 amide bonds. The van der Waals surface area contributed by atoms with Crippen molar-refractivity contribution in [1.82, 2.24) is 9.78 Å². The highest BCUT2D eigenvalue weighted by atomic mass is 79.9. The van der Waals surface area contributed by atoms with E-state index in [0.29, 0.717) is 6.61 Å². The minimum Gasteiger partial charge on any atom is -0.382 e. The van der Waals surface area contributed by atoms with Crippen LogP contribution in [0.3, 0.4) is 0 Å². The van der Waals surface area contributed by atoms with Crippen LogP contribution in [-0.2, 0) is 18.4 Å². The summed E-state index contributed by atoms with van der Waals surface area (Å²) in [5, 5.41) is 14.5. The first kappa shape index (κ1) is 13.3. The molecule has 2 rings (SSSR count). The maximum absolute atomic E-state index is 10.4. The molecule has 4 nitrogen and oxygen atoms in total. The molecule has 1 unspecified atom stereocenters. The Hall–Kier alpha value is -1.17. The molecule has 0 aliphatic rings. The molecule has 5 heteroatoms. The number of rotatable bonds is 4. The fraction of sp³-hybridized carbons (Fsp3) is 0.308. The van der Waals surface area contributed by atoms with Gasteiger partial charge in [-0.15, -0.1) is 0 Å². The third kappa shape index (κ3) is 2.63. The zero-order chi connectivity index (χ0) is 13.1. The molecule has 1 heterocycles. The van der Waals surface area contributed by atoms with E-state index in [2.05, 4.69) is 21.0 Å². The molecule has 0 bridgehead atoms. The molecule has 2 aromatic rings. The van der Waals surface area contributed by atoms with Gasteiger partial charge < -0.3 is 9.84 Å². The molecule has 18 heavy (non-hydrogen) atoms. The lowest BCUT2D eigenvalue weighted by atomic mass is 10.0. The van der Waals surface area contributed by atoms with Gasteiger partial charge in [-0.2, -0.15) is 5.10 Å². The largest absolute Gasteiger partial charge is 0.382 e. The lowest BCUT2D eigenvalue weighted by Gasteiger charge is -2.13. The van der Waals surface area contributed by atoms with Crippen LogP contribution in [0.2, 0.25) is 0 Å². The van der Waals surface area contributed by atoms with Gasteiger partial charge in [0.25, 0.3) is 0 Å². The summed E-state index contributed by atoms with van der Waals surface area (Å²) in [6.45, 7) is 0.535. The fourth-order valence-corrected chi connectivity index (χ4v) is 2.47. The molecule has 0 radical (unpaired) electrons. The van der Waals surface area contributed by atoms with Crippen molar-refractivity contribution in [3.63, 3.8) is 0 Å². The van der Waals surface area contributed by atoms with Gasteiger partial charge in [0.1, 0.15) is 6.10 Å². The summed E-state index contributed by atoms with van der Waals surface area (Å²) >= 11 is 3.40. The van der Waals surface area contributed by atoms with E-state index in [0.717, 1.165) is 21.3 Å². The smallest absolute Gasteiger partial charge is 0.122 e. The Morgan fingerprint density at radius 1 is 1.50 bits per heavy atom. The molecule has 96 valence electrons. The number of halogens is 1. The van der Waals surface area contributed by atoms with Crippen molar-refractivity contribution < 1.29 is 9.84 Å². The predicted molar refractivity (Wildman–Crippen MR) is 72.1 cm³/mol. The van der Waals surface area contributed by atoms with Gasteiger partial charge in [-0.05, 0) is 27.1 Å².